The van der Waals surface area contributed by atoms with Crippen molar-refractivity contribution in [3.8, 4) is 6.07 Å². The molecule has 0 amide bonds. The van der Waals surface area contributed by atoms with E-state index in [1.165, 1.54) is 0 Å². The van der Waals surface area contributed by atoms with Crippen molar-refractivity contribution in [2.75, 3.05) is 46.8 Å². The monoisotopic (exact) mass is 196 g/mol. The highest BCUT2D eigenvalue weighted by atomic mass is 15.3. The van der Waals surface area contributed by atoms with E-state index in [4.69, 9.17) is 5.26 Å². The highest BCUT2D eigenvalue weighted by molar-refractivity contribution is 5.05. The molecule has 1 rings (SSSR count). The lowest BCUT2D eigenvalue weighted by Gasteiger charge is -2.36. The van der Waals surface area contributed by atoms with Gasteiger partial charge in [0.1, 0.15) is 5.54 Å². The Kier molecular flexibility index (Phi) is 3.87. The summed E-state index contributed by atoms with van der Waals surface area (Å²) in [5.74, 6) is 0. The molecule has 1 aliphatic rings. The molecular formula is C10H20N4. The average Bonchev–Trinajstić information content (AvgIpc) is 2.21. The highest BCUT2D eigenvalue weighted by Gasteiger charge is 2.26. The smallest absolute Gasteiger partial charge is 0.116 e. The third kappa shape index (κ3) is 2.95. The van der Waals surface area contributed by atoms with Gasteiger partial charge in [0, 0.05) is 32.7 Å². The fourth-order valence-electron chi connectivity index (χ4n) is 1.62. The average molecular weight is 196 g/mol. The van der Waals surface area contributed by atoms with Gasteiger partial charge in [-0.15, -0.1) is 0 Å². The lowest BCUT2D eigenvalue weighted by atomic mass is 10.0. The first-order valence-electron chi connectivity index (χ1n) is 5.11. The van der Waals surface area contributed by atoms with Crippen molar-refractivity contribution in [1.29, 1.82) is 5.26 Å². The van der Waals surface area contributed by atoms with E-state index in [0.29, 0.717) is 0 Å². The topological polar surface area (TPSA) is 42.3 Å². The van der Waals surface area contributed by atoms with Crippen LogP contribution in [0.5, 0.6) is 0 Å². The van der Waals surface area contributed by atoms with Crippen LogP contribution in [-0.4, -0.2) is 62.2 Å². The zero-order valence-corrected chi connectivity index (χ0v) is 9.38. The molecule has 80 valence electrons. The molecular weight excluding hydrogens is 176 g/mol. The van der Waals surface area contributed by atoms with Crippen molar-refractivity contribution in [2.45, 2.75) is 12.5 Å². The van der Waals surface area contributed by atoms with Crippen LogP contribution in [0, 0.1) is 11.3 Å². The Bertz CT molecular complexity index is 215. The second-order valence-electron chi connectivity index (χ2n) is 4.27. The summed E-state index contributed by atoms with van der Waals surface area (Å²) in [4.78, 5) is 4.67. The maximum atomic E-state index is 9.02. The van der Waals surface area contributed by atoms with Crippen LogP contribution >= 0.6 is 0 Å². The Hall–Kier alpha value is -0.630. The fraction of sp³-hybridized carbons (Fsp3) is 0.900. The Morgan fingerprint density at radius 1 is 1.36 bits per heavy atom. The van der Waals surface area contributed by atoms with Crippen molar-refractivity contribution >= 4 is 0 Å². The zero-order chi connectivity index (χ0) is 10.6. The number of piperazine rings is 1. The maximum absolute atomic E-state index is 9.02. The molecule has 0 saturated carbocycles. The normalized spacial score (nSPS) is 24.1. The molecule has 0 aliphatic carbocycles. The van der Waals surface area contributed by atoms with E-state index in [9.17, 15) is 0 Å². The maximum Gasteiger partial charge on any atom is 0.116 e. The standard InChI is InChI=1S/C10H20N4/c1-10(8-11,12-2)9-14-6-4-13(3)5-7-14/h12H,4-7,9H2,1-3H3. The van der Waals surface area contributed by atoms with Crippen LogP contribution in [0.3, 0.4) is 0 Å². The molecule has 1 N–H and O–H groups in total. The van der Waals surface area contributed by atoms with Crippen molar-refractivity contribution in [1.82, 2.24) is 15.1 Å². The van der Waals surface area contributed by atoms with E-state index < -0.39 is 5.54 Å². The Labute approximate surface area is 86.5 Å². The molecule has 4 heteroatoms. The molecule has 0 aromatic rings. The predicted molar refractivity (Wildman–Crippen MR) is 57.0 cm³/mol. The van der Waals surface area contributed by atoms with E-state index >= 15 is 0 Å². The van der Waals surface area contributed by atoms with E-state index in [0.717, 1.165) is 32.7 Å². The molecule has 4 nitrogen and oxygen atoms in total. The van der Waals surface area contributed by atoms with Gasteiger partial charge in [-0.25, -0.2) is 0 Å². The molecule has 1 unspecified atom stereocenters. The summed E-state index contributed by atoms with van der Waals surface area (Å²) in [5.41, 5.74) is -0.407. The number of nitriles is 1. The fourth-order valence-corrected chi connectivity index (χ4v) is 1.62. The van der Waals surface area contributed by atoms with Crippen LogP contribution in [0.15, 0.2) is 0 Å². The van der Waals surface area contributed by atoms with E-state index in [1.54, 1.807) is 0 Å². The molecule has 1 fully saturated rings. The second kappa shape index (κ2) is 4.74. The summed E-state index contributed by atoms with van der Waals surface area (Å²) < 4.78 is 0. The molecule has 0 bridgehead atoms. The number of likely N-dealkylation sites (N-methyl/N-ethyl adjacent to an activating group) is 2. The minimum absolute atomic E-state index is 0.407. The van der Waals surface area contributed by atoms with E-state index in [1.807, 2.05) is 14.0 Å². The highest BCUT2D eigenvalue weighted by Crippen LogP contribution is 2.07. The predicted octanol–water partition coefficient (Wildman–Crippen LogP) is -0.265. The van der Waals surface area contributed by atoms with E-state index in [-0.39, 0.29) is 0 Å². The summed E-state index contributed by atoms with van der Waals surface area (Å²) >= 11 is 0. The number of nitrogens with zero attached hydrogens (tertiary/aromatic N) is 3. The van der Waals surface area contributed by atoms with Gasteiger partial charge in [0.15, 0.2) is 0 Å². The van der Waals surface area contributed by atoms with Crippen LogP contribution in [0.1, 0.15) is 6.92 Å². The van der Waals surface area contributed by atoms with Crippen LogP contribution in [-0.2, 0) is 0 Å². The van der Waals surface area contributed by atoms with Crippen molar-refractivity contribution in [2.24, 2.45) is 0 Å². The SMILES string of the molecule is CNC(C)(C#N)CN1CCN(C)CC1. The minimum Gasteiger partial charge on any atom is -0.304 e. The quantitative estimate of drug-likeness (QED) is 0.675. The second-order valence-corrected chi connectivity index (χ2v) is 4.27. The van der Waals surface area contributed by atoms with Gasteiger partial charge in [0.2, 0.25) is 0 Å². The number of hydrogen-bond donors (Lipinski definition) is 1. The molecule has 0 radical (unpaired) electrons. The zero-order valence-electron chi connectivity index (χ0n) is 9.38. The molecule has 1 heterocycles. The summed E-state index contributed by atoms with van der Waals surface area (Å²) in [6.45, 7) is 7.10. The van der Waals surface area contributed by atoms with Gasteiger partial charge >= 0.3 is 0 Å². The van der Waals surface area contributed by atoms with E-state index in [2.05, 4.69) is 28.2 Å². The van der Waals surface area contributed by atoms with Crippen LogP contribution in [0.2, 0.25) is 0 Å². The number of hydrogen-bond acceptors (Lipinski definition) is 4. The van der Waals surface area contributed by atoms with Gasteiger partial charge in [-0.2, -0.15) is 5.26 Å². The van der Waals surface area contributed by atoms with Gasteiger partial charge in [0.25, 0.3) is 0 Å². The number of nitrogens with one attached hydrogen (secondary N) is 1. The third-order valence-electron chi connectivity index (χ3n) is 2.93. The first-order valence-corrected chi connectivity index (χ1v) is 5.11. The summed E-state index contributed by atoms with van der Waals surface area (Å²) in [7, 11) is 3.98. The molecule has 1 atom stereocenters. The summed E-state index contributed by atoms with van der Waals surface area (Å²) in [6.07, 6.45) is 0. The van der Waals surface area contributed by atoms with Gasteiger partial charge in [-0.1, -0.05) is 0 Å². The van der Waals surface area contributed by atoms with Crippen molar-refractivity contribution < 1.29 is 0 Å². The molecule has 1 aliphatic heterocycles. The number of rotatable bonds is 3. The Balaban J connectivity index is 2.41. The minimum atomic E-state index is -0.407. The third-order valence-corrected chi connectivity index (χ3v) is 2.93. The molecule has 0 spiro atoms. The Morgan fingerprint density at radius 2 is 1.93 bits per heavy atom. The first-order chi connectivity index (χ1) is 6.59. The van der Waals surface area contributed by atoms with Crippen LogP contribution < -0.4 is 5.32 Å². The lowest BCUT2D eigenvalue weighted by Crippen LogP contribution is -2.53. The Morgan fingerprint density at radius 3 is 2.36 bits per heavy atom. The molecule has 0 aromatic carbocycles. The van der Waals surface area contributed by atoms with Crippen molar-refractivity contribution in [3.05, 3.63) is 0 Å². The van der Waals surface area contributed by atoms with Gasteiger partial charge < -0.3 is 10.2 Å². The van der Waals surface area contributed by atoms with Crippen LogP contribution in [0.4, 0.5) is 0 Å². The largest absolute Gasteiger partial charge is 0.304 e. The van der Waals surface area contributed by atoms with Gasteiger partial charge in [-0.05, 0) is 21.0 Å². The van der Waals surface area contributed by atoms with Crippen molar-refractivity contribution in [3.63, 3.8) is 0 Å². The van der Waals surface area contributed by atoms with Gasteiger partial charge in [-0.3, -0.25) is 4.90 Å². The summed E-state index contributed by atoms with van der Waals surface area (Å²) in [6, 6.07) is 2.32. The van der Waals surface area contributed by atoms with Crippen LogP contribution in [0.25, 0.3) is 0 Å². The molecule has 1 saturated heterocycles. The molecule has 14 heavy (non-hydrogen) atoms. The lowest BCUT2D eigenvalue weighted by molar-refractivity contribution is 0.134. The summed E-state index contributed by atoms with van der Waals surface area (Å²) in [5, 5.41) is 12.1. The van der Waals surface area contributed by atoms with Gasteiger partial charge in [0.05, 0.1) is 6.07 Å². The first kappa shape index (κ1) is 11.4. The molecule has 0 aromatic heterocycles.